The van der Waals surface area contributed by atoms with Gasteiger partial charge in [-0.2, -0.15) is 6.42 Å². The van der Waals surface area contributed by atoms with Crippen molar-refractivity contribution >= 4 is 126 Å². The maximum absolute atomic E-state index is 10.4. The molecule has 6 rings (SSSR count). The maximum atomic E-state index is 10.4. The van der Waals surface area contributed by atoms with Crippen LogP contribution in [0.25, 0.3) is 0 Å². The summed E-state index contributed by atoms with van der Waals surface area (Å²) in [6, 6.07) is 0. The topological polar surface area (TPSA) is 51.2 Å². The molecule has 0 unspecified atom stereocenters. The quantitative estimate of drug-likeness (QED) is 0.203. The molecule has 0 N–H and O–H groups in total. The van der Waals surface area contributed by atoms with Crippen molar-refractivity contribution in [2.24, 2.45) is 17.8 Å². The average molecular weight is 1640 g/mol. The fourth-order valence-corrected chi connectivity index (χ4v) is 7.26. The first-order valence-corrected chi connectivity index (χ1v) is 47.8. The zero-order valence-electron chi connectivity index (χ0n) is 35.1. The van der Waals surface area contributed by atoms with Gasteiger partial charge in [0.15, 0.2) is 0 Å². The molecule has 0 aromatic carbocycles. The second-order valence-electron chi connectivity index (χ2n) is 15.7. The molecule has 0 amide bonds. The van der Waals surface area contributed by atoms with Gasteiger partial charge in [-0.15, -0.1) is 0 Å². The van der Waals surface area contributed by atoms with Crippen LogP contribution in [0.5, 0.6) is 0 Å². The van der Waals surface area contributed by atoms with Crippen molar-refractivity contribution in [2.45, 2.75) is 155 Å². The molecule has 6 nitrogen and oxygen atoms in total. The molecule has 5 heterocycles. The van der Waals surface area contributed by atoms with Crippen molar-refractivity contribution in [3.05, 3.63) is 11.9 Å². The molecule has 6 aliphatic rings. The number of halogens is 7. The molecule has 0 aromatic heterocycles. The molecule has 1 aliphatic carbocycles. The van der Waals surface area contributed by atoms with Crippen LogP contribution in [0.2, 0.25) is 0 Å². The number of nitrogens with zero attached hydrogens (tertiary/aromatic N) is 2. The van der Waals surface area contributed by atoms with Crippen LogP contribution in [-0.4, -0.2) is 92.5 Å². The van der Waals surface area contributed by atoms with Gasteiger partial charge in [-0.25, -0.2) is 0 Å². The summed E-state index contributed by atoms with van der Waals surface area (Å²) in [5, 5.41) is 0. The SMILES string of the molecule is CC1CCCCC1.CC1CCN(C2(C)CCOCC2)CC1.CC1CCN(C2(C)CCOCC2)CC1.I[I-]I.O=C1CCOCC1.[CH2-]CC.[CH2-]I.[I][V]([I])[I].[V]. The number of hydrogen-bond acceptors (Lipinski definition) is 6. The van der Waals surface area contributed by atoms with Gasteiger partial charge in [0.1, 0.15) is 5.78 Å². The average Bonchev–Trinajstić information content (AvgIpc) is 3.15. The Balaban J connectivity index is -0.000000613. The molecule has 0 spiro atoms. The van der Waals surface area contributed by atoms with Crippen molar-refractivity contribution in [1.29, 1.82) is 0 Å². The third kappa shape index (κ3) is 36.6. The van der Waals surface area contributed by atoms with E-state index in [1.54, 1.807) is 0 Å². The summed E-state index contributed by atoms with van der Waals surface area (Å²) in [4.78, 5) is 18.7. The number of carbonyl (C=O) groups excluding carboxylic acids is 1. The number of hydrogen-bond donors (Lipinski definition) is 0. The van der Waals surface area contributed by atoms with Gasteiger partial charge in [0.05, 0.1) is 13.2 Å². The number of carbonyl (C=O) groups is 1. The van der Waals surface area contributed by atoms with E-state index in [0.717, 1.165) is 50.6 Å². The Morgan fingerprint density at radius 2 is 0.909 bits per heavy atom. The van der Waals surface area contributed by atoms with E-state index in [1.807, 2.05) is 29.5 Å². The number of likely N-dealkylation sites (tertiary alicyclic amines) is 2. The molecule has 1 radical (unpaired) electrons. The normalized spacial score (nSPS) is 23.1. The van der Waals surface area contributed by atoms with E-state index < -0.39 is 0 Å². The minimum Gasteiger partial charge on any atom is 0 e. The molecule has 5 saturated heterocycles. The second-order valence-corrected chi connectivity index (χ2v) is 67.3. The first kappa shape index (κ1) is 65.0. The van der Waals surface area contributed by atoms with Crippen molar-refractivity contribution < 1.29 is 55.7 Å². The fraction of sp³-hybridized carbons (Fsp3) is 0.925. The Morgan fingerprint density at radius 1 is 0.655 bits per heavy atom. The molecule has 333 valence electrons. The van der Waals surface area contributed by atoms with E-state index >= 15 is 0 Å². The molecule has 1 saturated carbocycles. The van der Waals surface area contributed by atoms with Crippen molar-refractivity contribution in [2.75, 3.05) is 65.8 Å². The minimum atomic E-state index is -0.278. The first-order chi connectivity index (χ1) is 25.8. The predicted octanol–water partition coefficient (Wildman–Crippen LogP) is 11.4. The zero-order valence-corrected chi connectivity index (χ0v) is 53.0. The van der Waals surface area contributed by atoms with Gasteiger partial charge in [0, 0.05) is 68.9 Å². The van der Waals surface area contributed by atoms with Crippen LogP contribution in [0.15, 0.2) is 0 Å². The monoisotopic (exact) mass is 1640 g/mol. The van der Waals surface area contributed by atoms with Gasteiger partial charge in [-0.1, -0.05) is 59.8 Å². The molecule has 6 fully saturated rings. The van der Waals surface area contributed by atoms with Gasteiger partial charge in [0.25, 0.3) is 0 Å². The molecular weight excluding hydrogens is 1560 g/mol. The summed E-state index contributed by atoms with van der Waals surface area (Å²) in [7, 11) is 0. The molecule has 15 heteroatoms. The molecule has 0 aromatic rings. The van der Waals surface area contributed by atoms with Crippen LogP contribution in [0.1, 0.15) is 144 Å². The summed E-state index contributed by atoms with van der Waals surface area (Å²) in [5.74, 6) is 3.25. The zero-order chi connectivity index (χ0) is 41.3. The third-order valence-corrected chi connectivity index (χ3v) is 11.2. The van der Waals surface area contributed by atoms with Gasteiger partial charge < -0.3 is 43.7 Å². The number of ether oxygens (including phenoxy) is 3. The summed E-state index contributed by atoms with van der Waals surface area (Å²) in [6.45, 7) is 27.8. The Kier molecular flexibility index (Phi) is 51.6. The van der Waals surface area contributed by atoms with E-state index in [4.69, 9.17) is 14.2 Å². The van der Waals surface area contributed by atoms with Gasteiger partial charge in [0.2, 0.25) is 0 Å². The molecule has 5 aliphatic heterocycles. The molecule has 0 bridgehead atoms. The summed E-state index contributed by atoms with van der Waals surface area (Å²) in [6.07, 6.45) is 20.1. The standard InChI is InChI=1S/2C12H23NO.C7H14.C5H8O2.C3H7.CH2I.I3.3HI.2V/c2*1-11-3-7-13(8-4-11)12(2)5-9-14-10-6-12;1-7-5-3-2-4-6-7;6-5-1-3-7-4-2-5;1-3-2;1-2;1-3-2;;;;;/h2*11H,3-10H2,1-2H3;7H,2-6H2,1H3;1-4H2;1,3H2,2H3;1H2;;3*1H;;/q;;;;3*-1;;;;;+3/p-3. The van der Waals surface area contributed by atoms with E-state index in [1.165, 1.54) is 110 Å². The minimum absolute atomic E-state index is 0. The van der Waals surface area contributed by atoms with E-state index in [9.17, 15) is 4.79 Å². The van der Waals surface area contributed by atoms with Gasteiger partial charge in [-0.05, 0) is 109 Å². The Labute approximate surface area is 434 Å². The first-order valence-electron chi connectivity index (χ1n) is 20.2. The molecule has 0 atom stereocenters. The van der Waals surface area contributed by atoms with Gasteiger partial charge >= 0.3 is 115 Å². The summed E-state index contributed by atoms with van der Waals surface area (Å²) >= 11 is 14.6. The predicted molar refractivity (Wildman–Crippen MR) is 279 cm³/mol. The molecular formula is C40H77I7N2O4V2-3. The Morgan fingerprint density at radius 3 is 1.13 bits per heavy atom. The van der Waals surface area contributed by atoms with E-state index in [2.05, 4.69) is 153 Å². The number of ketones is 1. The van der Waals surface area contributed by atoms with Gasteiger partial charge in [-0.3, -0.25) is 19.5 Å². The summed E-state index contributed by atoms with van der Waals surface area (Å²) < 4.78 is 15.8. The Hall–Kier alpha value is 5.75. The van der Waals surface area contributed by atoms with Crippen molar-refractivity contribution in [3.63, 3.8) is 0 Å². The third-order valence-electron chi connectivity index (χ3n) is 11.2. The van der Waals surface area contributed by atoms with E-state index in [0.29, 0.717) is 56.2 Å². The smallest absolute Gasteiger partial charge is 0 e. The van der Waals surface area contributed by atoms with Crippen LogP contribution in [0, 0.1) is 29.6 Å². The van der Waals surface area contributed by atoms with E-state index in [-0.39, 0.29) is 23.5 Å². The maximum Gasteiger partial charge on any atom is 0 e. The summed E-state index contributed by atoms with van der Waals surface area (Å²) in [5.41, 5.74) is 0.886. The van der Waals surface area contributed by atoms with Crippen LogP contribution in [-0.2, 0) is 42.5 Å². The van der Waals surface area contributed by atoms with Crippen LogP contribution in [0.3, 0.4) is 0 Å². The fourth-order valence-electron chi connectivity index (χ4n) is 7.26. The second kappa shape index (κ2) is 43.6. The number of Topliss-reactive ketones (excluding diaryl/α,β-unsaturated/α-hetero) is 1. The van der Waals surface area contributed by atoms with Crippen molar-refractivity contribution in [1.82, 2.24) is 9.80 Å². The molecule has 55 heavy (non-hydrogen) atoms. The Bertz CT molecular complexity index is 773. The van der Waals surface area contributed by atoms with Crippen LogP contribution in [0.4, 0.5) is 0 Å². The largest absolute Gasteiger partial charge is 0 e. The van der Waals surface area contributed by atoms with Crippen molar-refractivity contribution in [3.8, 4) is 0 Å². The van der Waals surface area contributed by atoms with Crippen LogP contribution < -0.4 is 13.3 Å². The van der Waals surface area contributed by atoms with Crippen LogP contribution >= 0.6 is 120 Å². The number of piperidine rings is 2. The number of rotatable bonds is 2.